The van der Waals surface area contributed by atoms with Crippen LogP contribution in [0, 0.1) is 11.3 Å². The molecule has 3 fully saturated rings. The smallest absolute Gasteiger partial charge is 0.223 e. The summed E-state index contributed by atoms with van der Waals surface area (Å²) < 4.78 is 5.42. The number of hydrogen-bond acceptors (Lipinski definition) is 2. The molecule has 1 atom stereocenters. The molecule has 1 amide bonds. The molecule has 0 bridgehead atoms. The Labute approximate surface area is 96.9 Å². The van der Waals surface area contributed by atoms with E-state index in [9.17, 15) is 4.79 Å². The Morgan fingerprint density at radius 1 is 1.12 bits per heavy atom. The summed E-state index contributed by atoms with van der Waals surface area (Å²) in [6, 6.07) is 0.449. The number of carbonyl (C=O) groups excluding carboxylic acids is 1. The minimum absolute atomic E-state index is 0.321. The van der Waals surface area contributed by atoms with Crippen LogP contribution in [0.15, 0.2) is 0 Å². The van der Waals surface area contributed by atoms with E-state index < -0.39 is 0 Å². The van der Waals surface area contributed by atoms with Crippen LogP contribution in [0.4, 0.5) is 0 Å². The van der Waals surface area contributed by atoms with Gasteiger partial charge in [-0.05, 0) is 43.9 Å². The first-order valence-corrected chi connectivity index (χ1v) is 6.68. The van der Waals surface area contributed by atoms with Crippen molar-refractivity contribution in [2.75, 3.05) is 13.2 Å². The molecule has 0 aromatic rings. The standard InChI is InChI=1S/C13H21NO2/c15-12(10-2-1-3-10)14-11-4-5-13(11)6-8-16-9-7-13/h10-11H,1-9H2,(H,14,15). The second-order valence-corrected chi connectivity index (χ2v) is 5.70. The van der Waals surface area contributed by atoms with Gasteiger partial charge in [0.05, 0.1) is 0 Å². The van der Waals surface area contributed by atoms with Crippen molar-refractivity contribution >= 4 is 5.91 Å². The maximum atomic E-state index is 11.9. The molecule has 1 aliphatic heterocycles. The monoisotopic (exact) mass is 223 g/mol. The third-order valence-electron chi connectivity index (χ3n) is 4.95. The highest BCUT2D eigenvalue weighted by atomic mass is 16.5. The van der Waals surface area contributed by atoms with E-state index in [1.165, 1.54) is 19.3 Å². The number of hydrogen-bond donors (Lipinski definition) is 1. The molecule has 0 aromatic heterocycles. The Morgan fingerprint density at radius 2 is 1.88 bits per heavy atom. The molecule has 1 heterocycles. The molecule has 3 heteroatoms. The first kappa shape index (κ1) is 10.6. The average Bonchev–Trinajstić information content (AvgIpc) is 2.23. The van der Waals surface area contributed by atoms with Gasteiger partial charge in [0, 0.05) is 25.2 Å². The largest absolute Gasteiger partial charge is 0.381 e. The lowest BCUT2D eigenvalue weighted by Gasteiger charge is -2.52. The van der Waals surface area contributed by atoms with Crippen molar-refractivity contribution in [1.82, 2.24) is 5.32 Å². The van der Waals surface area contributed by atoms with Crippen molar-refractivity contribution in [3.63, 3.8) is 0 Å². The quantitative estimate of drug-likeness (QED) is 0.776. The maximum Gasteiger partial charge on any atom is 0.223 e. The number of ether oxygens (including phenoxy) is 1. The molecule has 0 aromatic carbocycles. The van der Waals surface area contributed by atoms with E-state index in [2.05, 4.69) is 5.32 Å². The average molecular weight is 223 g/mol. The van der Waals surface area contributed by atoms with Crippen molar-refractivity contribution in [2.24, 2.45) is 11.3 Å². The van der Waals surface area contributed by atoms with Crippen LogP contribution in [0.2, 0.25) is 0 Å². The highest BCUT2D eigenvalue weighted by Gasteiger charge is 2.48. The van der Waals surface area contributed by atoms with E-state index in [1.54, 1.807) is 0 Å². The topological polar surface area (TPSA) is 38.3 Å². The zero-order chi connectivity index (χ0) is 11.0. The SMILES string of the molecule is O=C(NC1CCC12CCOCC2)C1CCC1. The van der Waals surface area contributed by atoms with Gasteiger partial charge < -0.3 is 10.1 Å². The lowest BCUT2D eigenvalue weighted by molar-refractivity contribution is -0.133. The van der Waals surface area contributed by atoms with Crippen LogP contribution in [0.25, 0.3) is 0 Å². The summed E-state index contributed by atoms with van der Waals surface area (Å²) in [5.74, 6) is 0.652. The summed E-state index contributed by atoms with van der Waals surface area (Å²) in [5.41, 5.74) is 0.400. The molecule has 2 aliphatic carbocycles. The summed E-state index contributed by atoms with van der Waals surface area (Å²) in [7, 11) is 0. The first-order chi connectivity index (χ1) is 7.80. The van der Waals surface area contributed by atoms with Crippen LogP contribution in [0.5, 0.6) is 0 Å². The number of nitrogens with one attached hydrogen (secondary N) is 1. The summed E-state index contributed by atoms with van der Waals surface area (Å²) in [4.78, 5) is 11.9. The second-order valence-electron chi connectivity index (χ2n) is 5.70. The van der Waals surface area contributed by atoms with Crippen molar-refractivity contribution in [1.29, 1.82) is 0 Å². The van der Waals surface area contributed by atoms with E-state index in [0.717, 1.165) is 38.9 Å². The molecule has 3 aliphatic rings. The Kier molecular flexibility index (Phi) is 2.66. The van der Waals surface area contributed by atoms with Crippen LogP contribution in [0.3, 0.4) is 0 Å². The van der Waals surface area contributed by atoms with E-state index in [0.29, 0.717) is 23.3 Å². The van der Waals surface area contributed by atoms with Gasteiger partial charge in [0.2, 0.25) is 5.91 Å². The molecule has 1 saturated heterocycles. The highest BCUT2D eigenvalue weighted by molar-refractivity contribution is 5.79. The number of carbonyl (C=O) groups is 1. The normalized spacial score (nSPS) is 32.9. The summed E-state index contributed by atoms with van der Waals surface area (Å²) in [6.07, 6.45) is 8.20. The van der Waals surface area contributed by atoms with Gasteiger partial charge in [0.25, 0.3) is 0 Å². The Bertz CT molecular complexity index is 280. The van der Waals surface area contributed by atoms with Gasteiger partial charge in [-0.2, -0.15) is 0 Å². The van der Waals surface area contributed by atoms with E-state index in [4.69, 9.17) is 4.74 Å². The zero-order valence-corrected chi connectivity index (χ0v) is 9.84. The lowest BCUT2D eigenvalue weighted by atomic mass is 9.60. The van der Waals surface area contributed by atoms with Gasteiger partial charge in [-0.25, -0.2) is 0 Å². The molecule has 1 N–H and O–H groups in total. The molecule has 16 heavy (non-hydrogen) atoms. The van der Waals surface area contributed by atoms with E-state index >= 15 is 0 Å². The molecule has 3 rings (SSSR count). The Balaban J connectivity index is 1.56. The number of rotatable bonds is 2. The van der Waals surface area contributed by atoms with Gasteiger partial charge in [-0.15, -0.1) is 0 Å². The lowest BCUT2D eigenvalue weighted by Crippen LogP contribution is -2.58. The third-order valence-corrected chi connectivity index (χ3v) is 4.95. The summed E-state index contributed by atoms with van der Waals surface area (Å²) in [5, 5.41) is 3.28. The van der Waals surface area contributed by atoms with Crippen LogP contribution in [0.1, 0.15) is 44.9 Å². The van der Waals surface area contributed by atoms with Crippen LogP contribution < -0.4 is 5.32 Å². The summed E-state index contributed by atoms with van der Waals surface area (Å²) in [6.45, 7) is 1.77. The van der Waals surface area contributed by atoms with Gasteiger partial charge in [0.15, 0.2) is 0 Å². The van der Waals surface area contributed by atoms with Gasteiger partial charge in [-0.1, -0.05) is 6.42 Å². The minimum Gasteiger partial charge on any atom is -0.381 e. The van der Waals surface area contributed by atoms with Crippen molar-refractivity contribution in [2.45, 2.75) is 51.0 Å². The predicted octanol–water partition coefficient (Wildman–Crippen LogP) is 1.86. The molecule has 1 spiro atoms. The number of amides is 1. The van der Waals surface area contributed by atoms with Crippen molar-refractivity contribution < 1.29 is 9.53 Å². The molecule has 2 saturated carbocycles. The van der Waals surface area contributed by atoms with Crippen LogP contribution >= 0.6 is 0 Å². The van der Waals surface area contributed by atoms with Gasteiger partial charge >= 0.3 is 0 Å². The van der Waals surface area contributed by atoms with Crippen molar-refractivity contribution in [3.05, 3.63) is 0 Å². The van der Waals surface area contributed by atoms with E-state index in [1.807, 2.05) is 0 Å². The van der Waals surface area contributed by atoms with E-state index in [-0.39, 0.29) is 0 Å². The molecular formula is C13H21NO2. The minimum atomic E-state index is 0.321. The molecule has 0 radical (unpaired) electrons. The zero-order valence-electron chi connectivity index (χ0n) is 9.84. The fraction of sp³-hybridized carbons (Fsp3) is 0.923. The van der Waals surface area contributed by atoms with Crippen LogP contribution in [-0.2, 0) is 9.53 Å². The Morgan fingerprint density at radius 3 is 2.38 bits per heavy atom. The molecular weight excluding hydrogens is 202 g/mol. The Hall–Kier alpha value is -0.570. The predicted molar refractivity (Wildman–Crippen MR) is 61.0 cm³/mol. The highest BCUT2D eigenvalue weighted by Crippen LogP contribution is 2.48. The van der Waals surface area contributed by atoms with Gasteiger partial charge in [-0.3, -0.25) is 4.79 Å². The molecule has 1 unspecified atom stereocenters. The molecule has 3 nitrogen and oxygen atoms in total. The second kappa shape index (κ2) is 4.02. The third kappa shape index (κ3) is 1.65. The fourth-order valence-corrected chi connectivity index (χ4v) is 3.26. The van der Waals surface area contributed by atoms with Crippen molar-refractivity contribution in [3.8, 4) is 0 Å². The van der Waals surface area contributed by atoms with Crippen LogP contribution in [-0.4, -0.2) is 25.2 Å². The first-order valence-electron chi connectivity index (χ1n) is 6.68. The summed E-state index contributed by atoms with van der Waals surface area (Å²) >= 11 is 0. The maximum absolute atomic E-state index is 11.9. The molecule has 90 valence electrons. The van der Waals surface area contributed by atoms with Gasteiger partial charge in [0.1, 0.15) is 0 Å². The fourth-order valence-electron chi connectivity index (χ4n) is 3.26.